The summed E-state index contributed by atoms with van der Waals surface area (Å²) in [5.74, 6) is 0.973. The van der Waals surface area contributed by atoms with E-state index in [0.29, 0.717) is 12.1 Å². The summed E-state index contributed by atoms with van der Waals surface area (Å²) in [6.45, 7) is 5.76. The molecule has 0 spiro atoms. The van der Waals surface area contributed by atoms with E-state index in [1.807, 2.05) is 0 Å². The molecule has 3 rings (SSSR count). The molecule has 6 heteroatoms. The van der Waals surface area contributed by atoms with Crippen LogP contribution in [0, 0.1) is 0 Å². The number of hydrogen-bond acceptors (Lipinski definition) is 5. The number of methoxy groups -OCH3 is 1. The maximum atomic E-state index is 5.52. The number of likely N-dealkylation sites (tertiary alicyclic amines) is 2. The zero-order valence-electron chi connectivity index (χ0n) is 11.6. The minimum absolute atomic E-state index is 0.314. The van der Waals surface area contributed by atoms with Crippen molar-refractivity contribution in [2.24, 2.45) is 0 Å². The van der Waals surface area contributed by atoms with E-state index >= 15 is 0 Å². The van der Waals surface area contributed by atoms with Crippen molar-refractivity contribution >= 4 is 0 Å². The van der Waals surface area contributed by atoms with E-state index in [1.54, 1.807) is 13.4 Å². The van der Waals surface area contributed by atoms with Crippen LogP contribution in [0.4, 0.5) is 0 Å². The lowest BCUT2D eigenvalue weighted by Crippen LogP contribution is -2.34. The maximum Gasteiger partial charge on any atom is 0.141 e. The molecule has 106 valence electrons. The lowest BCUT2D eigenvalue weighted by molar-refractivity contribution is 0.106. The van der Waals surface area contributed by atoms with Gasteiger partial charge in [-0.05, 0) is 32.4 Å². The van der Waals surface area contributed by atoms with Crippen LogP contribution in [0.25, 0.3) is 0 Å². The molecule has 1 N–H and O–H groups in total. The molecule has 2 atom stereocenters. The second-order valence-corrected chi connectivity index (χ2v) is 5.52. The Morgan fingerprint density at radius 1 is 1.37 bits per heavy atom. The minimum atomic E-state index is 0.314. The molecule has 0 radical (unpaired) electrons. The summed E-state index contributed by atoms with van der Waals surface area (Å²) in [6, 6.07) is 0.329. The summed E-state index contributed by atoms with van der Waals surface area (Å²) in [7, 11) is 1.80. The number of hydrogen-bond donors (Lipinski definition) is 1. The third-order valence-corrected chi connectivity index (χ3v) is 4.35. The molecule has 1 aromatic heterocycles. The molecule has 2 aliphatic heterocycles. The second-order valence-electron chi connectivity index (χ2n) is 5.52. The first-order valence-corrected chi connectivity index (χ1v) is 7.21. The average Bonchev–Trinajstić information content (AvgIpc) is 3.16. The van der Waals surface area contributed by atoms with E-state index in [-0.39, 0.29) is 0 Å². The summed E-state index contributed by atoms with van der Waals surface area (Å²) in [5.41, 5.74) is 0. The minimum Gasteiger partial charge on any atom is -0.380 e. The van der Waals surface area contributed by atoms with Gasteiger partial charge in [0, 0.05) is 26.7 Å². The highest BCUT2D eigenvalue weighted by atomic mass is 16.5. The summed E-state index contributed by atoms with van der Waals surface area (Å²) >= 11 is 0. The van der Waals surface area contributed by atoms with E-state index < -0.39 is 0 Å². The second kappa shape index (κ2) is 5.98. The molecule has 0 amide bonds. The van der Waals surface area contributed by atoms with Crippen molar-refractivity contribution in [3.8, 4) is 0 Å². The smallest absolute Gasteiger partial charge is 0.141 e. The van der Waals surface area contributed by atoms with E-state index in [9.17, 15) is 0 Å². The Morgan fingerprint density at radius 2 is 2.21 bits per heavy atom. The van der Waals surface area contributed by atoms with Crippen LogP contribution < -0.4 is 0 Å². The van der Waals surface area contributed by atoms with Crippen LogP contribution in [-0.2, 0) is 4.74 Å². The van der Waals surface area contributed by atoms with Crippen LogP contribution in [0.1, 0.15) is 31.1 Å². The zero-order valence-corrected chi connectivity index (χ0v) is 11.6. The lowest BCUT2D eigenvalue weighted by Gasteiger charge is -2.25. The Morgan fingerprint density at radius 3 is 2.89 bits per heavy atom. The number of nitrogens with one attached hydrogen (secondary N) is 1. The van der Waals surface area contributed by atoms with Crippen molar-refractivity contribution in [2.75, 3.05) is 39.8 Å². The van der Waals surface area contributed by atoms with Gasteiger partial charge in [-0.15, -0.1) is 0 Å². The number of rotatable bonds is 5. The molecule has 2 fully saturated rings. The molecule has 2 aliphatic rings. The first-order valence-electron chi connectivity index (χ1n) is 7.21. The largest absolute Gasteiger partial charge is 0.380 e. The van der Waals surface area contributed by atoms with Gasteiger partial charge in [0.25, 0.3) is 0 Å². The maximum absolute atomic E-state index is 5.52. The fraction of sp³-hybridized carbons (Fsp3) is 0.846. The first kappa shape index (κ1) is 13.0. The molecular weight excluding hydrogens is 242 g/mol. The van der Waals surface area contributed by atoms with Crippen molar-refractivity contribution in [2.45, 2.75) is 31.4 Å². The molecule has 0 aliphatic carbocycles. The van der Waals surface area contributed by atoms with Gasteiger partial charge in [0.15, 0.2) is 0 Å². The van der Waals surface area contributed by atoms with Gasteiger partial charge in [0.1, 0.15) is 12.2 Å². The normalized spacial score (nSPS) is 29.3. The summed E-state index contributed by atoms with van der Waals surface area (Å²) in [4.78, 5) is 9.35. The van der Waals surface area contributed by atoms with E-state index in [4.69, 9.17) is 4.74 Å². The van der Waals surface area contributed by atoms with Gasteiger partial charge in [-0.1, -0.05) is 0 Å². The quantitative estimate of drug-likeness (QED) is 0.847. The standard InChI is InChI=1S/C13H23N5O/c1-19-11-8-12(13-14-10-15-16-13)18(9-11)7-6-17-4-2-3-5-17/h10-12H,2-9H2,1H3,(H,14,15,16)/t11-,12+/m1/s1. The van der Waals surface area contributed by atoms with Crippen LogP contribution in [-0.4, -0.2) is 70.9 Å². The highest BCUT2D eigenvalue weighted by Gasteiger charge is 2.34. The molecule has 0 aromatic carbocycles. The van der Waals surface area contributed by atoms with Gasteiger partial charge in [-0.2, -0.15) is 5.10 Å². The summed E-state index contributed by atoms with van der Waals surface area (Å²) < 4.78 is 5.52. The van der Waals surface area contributed by atoms with Crippen LogP contribution >= 0.6 is 0 Å². The molecule has 1 aromatic rings. The van der Waals surface area contributed by atoms with Crippen molar-refractivity contribution in [1.82, 2.24) is 25.0 Å². The van der Waals surface area contributed by atoms with Crippen LogP contribution in [0.2, 0.25) is 0 Å². The Hall–Kier alpha value is -0.980. The molecule has 0 bridgehead atoms. The average molecular weight is 265 g/mol. The number of aromatic amines is 1. The number of H-pyrrole nitrogens is 1. The topological polar surface area (TPSA) is 57.3 Å². The van der Waals surface area contributed by atoms with Crippen LogP contribution in [0.5, 0.6) is 0 Å². The SMILES string of the molecule is CO[C@@H]1C[C@@H](c2ncn[nH]2)N(CCN2CCCC2)C1. The van der Waals surface area contributed by atoms with E-state index in [1.165, 1.54) is 25.9 Å². The Balaban J connectivity index is 1.60. The van der Waals surface area contributed by atoms with Gasteiger partial charge >= 0.3 is 0 Å². The number of aromatic nitrogens is 3. The number of nitrogens with zero attached hydrogens (tertiary/aromatic N) is 4. The highest BCUT2D eigenvalue weighted by Crippen LogP contribution is 2.30. The summed E-state index contributed by atoms with van der Waals surface area (Å²) in [6.07, 6.45) is 5.62. The lowest BCUT2D eigenvalue weighted by atomic mass is 10.2. The molecule has 3 heterocycles. The third kappa shape index (κ3) is 2.96. The highest BCUT2D eigenvalue weighted by molar-refractivity contribution is 4.99. The van der Waals surface area contributed by atoms with Gasteiger partial charge in [-0.25, -0.2) is 4.98 Å². The fourth-order valence-electron chi connectivity index (χ4n) is 3.22. The number of ether oxygens (including phenoxy) is 1. The van der Waals surface area contributed by atoms with E-state index in [0.717, 1.165) is 31.9 Å². The van der Waals surface area contributed by atoms with Gasteiger partial charge in [0.05, 0.1) is 12.1 Å². The molecule has 19 heavy (non-hydrogen) atoms. The van der Waals surface area contributed by atoms with Gasteiger partial charge in [0.2, 0.25) is 0 Å². The Bertz CT molecular complexity index is 376. The van der Waals surface area contributed by atoms with Crippen molar-refractivity contribution in [3.05, 3.63) is 12.2 Å². The van der Waals surface area contributed by atoms with E-state index in [2.05, 4.69) is 25.0 Å². The predicted molar refractivity (Wildman–Crippen MR) is 71.8 cm³/mol. The first-order chi connectivity index (χ1) is 9.36. The Labute approximate surface area is 114 Å². The van der Waals surface area contributed by atoms with Crippen LogP contribution in [0.3, 0.4) is 0 Å². The molecule has 0 saturated carbocycles. The van der Waals surface area contributed by atoms with Crippen LogP contribution in [0.15, 0.2) is 6.33 Å². The third-order valence-electron chi connectivity index (χ3n) is 4.35. The fourth-order valence-corrected chi connectivity index (χ4v) is 3.22. The van der Waals surface area contributed by atoms with Gasteiger partial charge < -0.3 is 9.64 Å². The van der Waals surface area contributed by atoms with Crippen molar-refractivity contribution < 1.29 is 4.74 Å². The van der Waals surface area contributed by atoms with Crippen molar-refractivity contribution in [3.63, 3.8) is 0 Å². The molecule has 0 unspecified atom stereocenters. The molecule has 2 saturated heterocycles. The predicted octanol–water partition coefficient (Wildman–Crippen LogP) is 0.662. The molecule has 6 nitrogen and oxygen atoms in total. The van der Waals surface area contributed by atoms with Crippen molar-refractivity contribution in [1.29, 1.82) is 0 Å². The summed E-state index contributed by atoms with van der Waals surface area (Å²) in [5, 5.41) is 6.99. The monoisotopic (exact) mass is 265 g/mol. The van der Waals surface area contributed by atoms with Gasteiger partial charge in [-0.3, -0.25) is 10.00 Å². The molecular formula is C13H23N5O. The Kier molecular flexibility index (Phi) is 4.10. The zero-order chi connectivity index (χ0) is 13.1.